The molecule has 7 nitrogen and oxygen atoms in total. The molecule has 1 atom stereocenters. The maximum atomic E-state index is 11.9. The van der Waals surface area contributed by atoms with Crippen LogP contribution >= 0.6 is 0 Å². The number of Topliss-reactive ketones (excluding diaryl/α,β-unsaturated/α-hetero) is 1. The van der Waals surface area contributed by atoms with E-state index in [4.69, 9.17) is 5.73 Å². The zero-order valence-electron chi connectivity index (χ0n) is 9.74. The highest BCUT2D eigenvalue weighted by atomic mass is 16.1. The quantitative estimate of drug-likeness (QED) is 0.759. The van der Waals surface area contributed by atoms with Crippen molar-refractivity contribution in [3.05, 3.63) is 29.8 Å². The van der Waals surface area contributed by atoms with Crippen molar-refractivity contribution in [1.29, 1.82) is 0 Å². The Morgan fingerprint density at radius 2 is 2.18 bits per heavy atom. The second-order valence-electron chi connectivity index (χ2n) is 3.95. The molecule has 2 heterocycles. The molecule has 90 valence electrons. The molecule has 1 unspecified atom stereocenters. The predicted molar refractivity (Wildman–Crippen MR) is 59.9 cm³/mol. The molecule has 0 aliphatic rings. The molecule has 0 saturated heterocycles. The summed E-state index contributed by atoms with van der Waals surface area (Å²) in [6, 6.07) is -0.661. The third-order valence-corrected chi connectivity index (χ3v) is 2.44. The van der Waals surface area contributed by atoms with Crippen molar-refractivity contribution >= 4 is 5.78 Å². The zero-order chi connectivity index (χ0) is 12.4. The van der Waals surface area contributed by atoms with E-state index in [1.54, 1.807) is 42.0 Å². The van der Waals surface area contributed by atoms with Gasteiger partial charge in [0.05, 0.1) is 24.4 Å². The Morgan fingerprint density at radius 1 is 1.41 bits per heavy atom. The minimum absolute atomic E-state index is 0.0986. The topological polar surface area (TPSA) is 91.6 Å². The summed E-state index contributed by atoms with van der Waals surface area (Å²) in [5.74, 6) is -0.0986. The van der Waals surface area contributed by atoms with E-state index in [0.717, 1.165) is 0 Å². The van der Waals surface area contributed by atoms with Crippen LogP contribution in [0.3, 0.4) is 0 Å². The number of hydrogen-bond donors (Lipinski definition) is 1. The molecule has 0 amide bonds. The van der Waals surface area contributed by atoms with Crippen LogP contribution in [0.5, 0.6) is 0 Å². The highest BCUT2D eigenvalue weighted by molar-refractivity contribution is 5.86. The van der Waals surface area contributed by atoms with E-state index >= 15 is 0 Å². The predicted octanol–water partition coefficient (Wildman–Crippen LogP) is -0.640. The molecule has 0 radical (unpaired) electrons. The molecule has 0 aromatic carbocycles. The molecule has 2 aromatic rings. The van der Waals surface area contributed by atoms with Crippen molar-refractivity contribution in [3.63, 3.8) is 0 Å². The molecular formula is C10H14N6O. The van der Waals surface area contributed by atoms with Gasteiger partial charge in [-0.25, -0.2) is 0 Å². The van der Waals surface area contributed by atoms with Gasteiger partial charge in [-0.3, -0.25) is 14.2 Å². The summed E-state index contributed by atoms with van der Waals surface area (Å²) in [6.45, 7) is 0. The van der Waals surface area contributed by atoms with E-state index in [1.165, 1.54) is 0 Å². The third kappa shape index (κ3) is 2.56. The number of nitrogens with zero attached hydrogens (tertiary/aromatic N) is 5. The number of carbonyl (C=O) groups is 1. The SMILES string of the molecule is Cn1cc(C(N)C(=O)Cc2cn(C)nn2)cn1. The van der Waals surface area contributed by atoms with Crippen LogP contribution in [-0.2, 0) is 25.3 Å². The van der Waals surface area contributed by atoms with E-state index < -0.39 is 6.04 Å². The molecule has 0 saturated carbocycles. The Balaban J connectivity index is 2.05. The molecule has 0 bridgehead atoms. The Bertz CT molecular complexity index is 528. The average molecular weight is 234 g/mol. The molecule has 0 fully saturated rings. The van der Waals surface area contributed by atoms with Crippen molar-refractivity contribution in [2.75, 3.05) is 0 Å². The maximum absolute atomic E-state index is 11.9. The van der Waals surface area contributed by atoms with Crippen LogP contribution in [0.25, 0.3) is 0 Å². The van der Waals surface area contributed by atoms with E-state index in [1.807, 2.05) is 0 Å². The van der Waals surface area contributed by atoms with Gasteiger partial charge < -0.3 is 5.73 Å². The first kappa shape index (κ1) is 11.5. The number of hydrogen-bond acceptors (Lipinski definition) is 5. The van der Waals surface area contributed by atoms with Gasteiger partial charge in [0.2, 0.25) is 0 Å². The smallest absolute Gasteiger partial charge is 0.160 e. The van der Waals surface area contributed by atoms with Crippen LogP contribution < -0.4 is 5.73 Å². The minimum Gasteiger partial charge on any atom is -0.318 e. The van der Waals surface area contributed by atoms with Crippen LogP contribution in [0.15, 0.2) is 18.6 Å². The van der Waals surface area contributed by atoms with E-state index in [-0.39, 0.29) is 12.2 Å². The van der Waals surface area contributed by atoms with Crippen LogP contribution in [-0.4, -0.2) is 30.6 Å². The monoisotopic (exact) mass is 234 g/mol. The average Bonchev–Trinajstić information content (AvgIpc) is 2.87. The summed E-state index contributed by atoms with van der Waals surface area (Å²) >= 11 is 0. The molecule has 7 heteroatoms. The first-order valence-corrected chi connectivity index (χ1v) is 5.18. The Labute approximate surface area is 98.2 Å². The standard InChI is InChI=1S/C10H14N6O/c1-15-5-7(4-12-15)10(11)9(17)3-8-6-16(2)14-13-8/h4-6,10H,3,11H2,1-2H3. The number of nitrogens with two attached hydrogens (primary N) is 1. The fraction of sp³-hybridized carbons (Fsp3) is 0.400. The minimum atomic E-state index is -0.661. The van der Waals surface area contributed by atoms with Gasteiger partial charge in [-0.1, -0.05) is 5.21 Å². The van der Waals surface area contributed by atoms with Crippen LogP contribution in [0, 0.1) is 0 Å². The van der Waals surface area contributed by atoms with Crippen LogP contribution in [0.1, 0.15) is 17.3 Å². The van der Waals surface area contributed by atoms with Crippen molar-refractivity contribution < 1.29 is 4.79 Å². The highest BCUT2D eigenvalue weighted by Gasteiger charge is 2.18. The Morgan fingerprint density at radius 3 is 2.71 bits per heavy atom. The largest absolute Gasteiger partial charge is 0.318 e. The lowest BCUT2D eigenvalue weighted by molar-refractivity contribution is -0.119. The number of rotatable bonds is 4. The van der Waals surface area contributed by atoms with Gasteiger partial charge >= 0.3 is 0 Å². The number of aromatic nitrogens is 5. The molecule has 0 spiro atoms. The van der Waals surface area contributed by atoms with E-state index in [2.05, 4.69) is 15.4 Å². The van der Waals surface area contributed by atoms with Gasteiger partial charge in [0.15, 0.2) is 5.78 Å². The summed E-state index contributed by atoms with van der Waals surface area (Å²) in [4.78, 5) is 11.9. The molecular weight excluding hydrogens is 220 g/mol. The first-order chi connectivity index (χ1) is 8.06. The highest BCUT2D eigenvalue weighted by Crippen LogP contribution is 2.11. The second kappa shape index (κ2) is 4.46. The van der Waals surface area contributed by atoms with Crippen molar-refractivity contribution in [2.45, 2.75) is 12.5 Å². The summed E-state index contributed by atoms with van der Waals surface area (Å²) in [6.07, 6.45) is 5.22. The Kier molecular flexibility index (Phi) is 3.01. The van der Waals surface area contributed by atoms with Crippen molar-refractivity contribution in [1.82, 2.24) is 24.8 Å². The van der Waals surface area contributed by atoms with Gasteiger partial charge in [-0.2, -0.15) is 5.10 Å². The normalized spacial score (nSPS) is 12.6. The van der Waals surface area contributed by atoms with Gasteiger partial charge in [-0.15, -0.1) is 5.10 Å². The number of carbonyl (C=O) groups excluding carboxylic acids is 1. The number of aryl methyl sites for hydroxylation is 2. The fourth-order valence-electron chi connectivity index (χ4n) is 1.55. The van der Waals surface area contributed by atoms with Gasteiger partial charge in [0, 0.05) is 32.1 Å². The molecule has 2 aromatic heterocycles. The maximum Gasteiger partial charge on any atom is 0.160 e. The number of ketones is 1. The molecule has 2 rings (SSSR count). The van der Waals surface area contributed by atoms with Crippen LogP contribution in [0.2, 0.25) is 0 Å². The van der Waals surface area contributed by atoms with Crippen LogP contribution in [0.4, 0.5) is 0 Å². The molecule has 0 aliphatic carbocycles. The van der Waals surface area contributed by atoms with Crippen molar-refractivity contribution in [2.24, 2.45) is 19.8 Å². The van der Waals surface area contributed by atoms with Gasteiger partial charge in [0.25, 0.3) is 0 Å². The third-order valence-electron chi connectivity index (χ3n) is 2.44. The molecule has 0 aliphatic heterocycles. The zero-order valence-corrected chi connectivity index (χ0v) is 9.74. The lowest BCUT2D eigenvalue weighted by Gasteiger charge is -2.06. The Hall–Kier alpha value is -2.02. The van der Waals surface area contributed by atoms with Gasteiger partial charge in [-0.05, 0) is 0 Å². The fourth-order valence-corrected chi connectivity index (χ4v) is 1.55. The summed E-state index contributed by atoms with van der Waals surface area (Å²) in [5.41, 5.74) is 7.18. The summed E-state index contributed by atoms with van der Waals surface area (Å²) < 4.78 is 3.17. The van der Waals surface area contributed by atoms with E-state index in [0.29, 0.717) is 11.3 Å². The second-order valence-corrected chi connectivity index (χ2v) is 3.95. The van der Waals surface area contributed by atoms with Gasteiger partial charge in [0.1, 0.15) is 0 Å². The summed E-state index contributed by atoms with van der Waals surface area (Å²) in [7, 11) is 3.53. The summed E-state index contributed by atoms with van der Waals surface area (Å²) in [5, 5.41) is 11.6. The first-order valence-electron chi connectivity index (χ1n) is 5.18. The lowest BCUT2D eigenvalue weighted by Crippen LogP contribution is -2.22. The van der Waals surface area contributed by atoms with Crippen molar-refractivity contribution in [3.8, 4) is 0 Å². The molecule has 2 N–H and O–H groups in total. The lowest BCUT2D eigenvalue weighted by atomic mass is 10.0. The van der Waals surface area contributed by atoms with E-state index in [9.17, 15) is 4.79 Å². The molecule has 17 heavy (non-hydrogen) atoms.